The van der Waals surface area contributed by atoms with Crippen molar-refractivity contribution in [2.24, 2.45) is 5.92 Å². The number of aryl methyl sites for hydroxylation is 1. The highest BCUT2D eigenvalue weighted by Crippen LogP contribution is 2.29. The molecule has 0 bridgehead atoms. The number of ether oxygens (including phenoxy) is 1. The Morgan fingerprint density at radius 3 is 2.69 bits per heavy atom. The fourth-order valence-corrected chi connectivity index (χ4v) is 4.91. The Morgan fingerprint density at radius 1 is 1.14 bits per heavy atom. The molecule has 3 aromatic rings. The number of hydrogen-bond acceptors (Lipinski definition) is 5. The van der Waals surface area contributed by atoms with Crippen LogP contribution in [0.1, 0.15) is 46.1 Å². The molecular formula is C26H27Cl3N4O2. The van der Waals surface area contributed by atoms with Gasteiger partial charge in [-0.25, -0.2) is 9.97 Å². The van der Waals surface area contributed by atoms with E-state index in [0.717, 1.165) is 37.1 Å². The Bertz CT molecular complexity index is 1190. The van der Waals surface area contributed by atoms with Gasteiger partial charge in [-0.3, -0.25) is 4.79 Å². The first-order valence-corrected chi connectivity index (χ1v) is 12.7. The van der Waals surface area contributed by atoms with E-state index < -0.39 is 0 Å². The topological polar surface area (TPSA) is 76.1 Å². The molecule has 1 amide bonds. The Hall–Kier alpha value is -2.38. The minimum absolute atomic E-state index is 0.169. The van der Waals surface area contributed by atoms with E-state index in [1.54, 1.807) is 24.4 Å². The number of rotatable bonds is 8. The maximum Gasteiger partial charge on any atom is 0.251 e. The average molecular weight is 534 g/mol. The maximum atomic E-state index is 13.3. The van der Waals surface area contributed by atoms with Crippen LogP contribution >= 0.6 is 34.8 Å². The molecule has 1 aliphatic heterocycles. The van der Waals surface area contributed by atoms with Crippen molar-refractivity contribution < 1.29 is 9.53 Å². The molecule has 2 heterocycles. The third-order valence-electron chi connectivity index (χ3n) is 6.20. The third kappa shape index (κ3) is 6.85. The first-order valence-electron chi connectivity index (χ1n) is 11.6. The van der Waals surface area contributed by atoms with Gasteiger partial charge in [-0.05, 0) is 91.8 Å². The summed E-state index contributed by atoms with van der Waals surface area (Å²) in [5.74, 6) is 0.719. The summed E-state index contributed by atoms with van der Waals surface area (Å²) in [6.45, 7) is 4.17. The Kier molecular flexibility index (Phi) is 8.84. The summed E-state index contributed by atoms with van der Waals surface area (Å²) < 4.78 is 6.02. The molecule has 6 nitrogen and oxygen atoms in total. The number of hydrogen-bond donors (Lipinski definition) is 2. The molecule has 1 aromatic heterocycles. The smallest absolute Gasteiger partial charge is 0.251 e. The van der Waals surface area contributed by atoms with Crippen LogP contribution in [0.5, 0.6) is 5.75 Å². The molecule has 1 saturated heterocycles. The molecule has 1 aliphatic rings. The number of halogens is 3. The highest BCUT2D eigenvalue weighted by molar-refractivity contribution is 6.35. The molecule has 0 spiro atoms. The van der Waals surface area contributed by atoms with Crippen molar-refractivity contribution in [3.8, 4) is 5.75 Å². The summed E-state index contributed by atoms with van der Waals surface area (Å²) >= 11 is 18.3. The monoisotopic (exact) mass is 532 g/mol. The van der Waals surface area contributed by atoms with Crippen molar-refractivity contribution in [1.29, 1.82) is 0 Å². The predicted octanol–water partition coefficient (Wildman–Crippen LogP) is 5.84. The standard InChI is InChI=1S/C26H27Cl3N4O2/c1-16-2-3-19(14-23(16)35-13-9-17-4-5-20(27)15-21(17)28)25(34)33-24(18-6-10-30-11-7-18)22-8-12-31-26(29)32-22/h2-5,8,12,14-15,18,24,30H,6-7,9-11,13H2,1H3,(H,33,34). The van der Waals surface area contributed by atoms with Gasteiger partial charge < -0.3 is 15.4 Å². The SMILES string of the molecule is Cc1ccc(C(=O)NC(c2ccnc(Cl)n2)C2CCNCC2)cc1OCCc1ccc(Cl)cc1Cl. The molecule has 35 heavy (non-hydrogen) atoms. The van der Waals surface area contributed by atoms with Crippen molar-refractivity contribution in [3.05, 3.63) is 86.4 Å². The average Bonchev–Trinajstić information content (AvgIpc) is 2.85. The molecular weight excluding hydrogens is 507 g/mol. The van der Waals surface area contributed by atoms with Gasteiger partial charge in [-0.1, -0.05) is 35.3 Å². The first kappa shape index (κ1) is 25.7. The van der Waals surface area contributed by atoms with E-state index >= 15 is 0 Å². The summed E-state index contributed by atoms with van der Waals surface area (Å²) in [5.41, 5.74) is 3.14. The molecule has 1 unspecified atom stereocenters. The zero-order valence-electron chi connectivity index (χ0n) is 19.4. The van der Waals surface area contributed by atoms with Crippen molar-refractivity contribution >= 4 is 40.7 Å². The normalized spacial score (nSPS) is 15.0. The van der Waals surface area contributed by atoms with Crippen LogP contribution in [0.3, 0.4) is 0 Å². The molecule has 0 radical (unpaired) electrons. The molecule has 0 saturated carbocycles. The van der Waals surface area contributed by atoms with Crippen LogP contribution in [0.25, 0.3) is 0 Å². The fraction of sp³-hybridized carbons (Fsp3) is 0.346. The van der Waals surface area contributed by atoms with Gasteiger partial charge in [0.25, 0.3) is 5.91 Å². The minimum atomic E-state index is -0.261. The van der Waals surface area contributed by atoms with Crippen molar-refractivity contribution in [2.45, 2.75) is 32.2 Å². The molecule has 1 atom stereocenters. The molecule has 1 fully saturated rings. The molecule has 9 heteroatoms. The van der Waals surface area contributed by atoms with Gasteiger partial charge in [0.2, 0.25) is 5.28 Å². The largest absolute Gasteiger partial charge is 0.493 e. The predicted molar refractivity (Wildman–Crippen MR) is 140 cm³/mol. The van der Waals surface area contributed by atoms with Gasteiger partial charge in [0.1, 0.15) is 5.75 Å². The number of nitrogens with one attached hydrogen (secondary N) is 2. The van der Waals surface area contributed by atoms with Gasteiger partial charge in [0.15, 0.2) is 0 Å². The van der Waals surface area contributed by atoms with Crippen LogP contribution in [-0.2, 0) is 6.42 Å². The van der Waals surface area contributed by atoms with Crippen molar-refractivity contribution in [3.63, 3.8) is 0 Å². The lowest BCUT2D eigenvalue weighted by Gasteiger charge is -2.31. The highest BCUT2D eigenvalue weighted by Gasteiger charge is 2.28. The zero-order valence-corrected chi connectivity index (χ0v) is 21.6. The number of piperidine rings is 1. The summed E-state index contributed by atoms with van der Waals surface area (Å²) in [6.07, 6.45) is 4.11. The number of amides is 1. The number of aromatic nitrogens is 2. The second-order valence-electron chi connectivity index (χ2n) is 8.60. The van der Waals surface area contributed by atoms with Crippen molar-refractivity contribution in [2.75, 3.05) is 19.7 Å². The van der Waals surface area contributed by atoms with E-state index in [1.807, 2.05) is 31.2 Å². The Morgan fingerprint density at radius 2 is 1.94 bits per heavy atom. The lowest BCUT2D eigenvalue weighted by atomic mass is 9.88. The van der Waals surface area contributed by atoms with E-state index in [-0.39, 0.29) is 23.2 Å². The lowest BCUT2D eigenvalue weighted by molar-refractivity contribution is 0.0912. The van der Waals surface area contributed by atoms with E-state index in [4.69, 9.17) is 39.5 Å². The molecule has 184 valence electrons. The second-order valence-corrected chi connectivity index (χ2v) is 9.79. The highest BCUT2D eigenvalue weighted by atomic mass is 35.5. The summed E-state index contributed by atoms with van der Waals surface area (Å²) in [6, 6.07) is 12.4. The van der Waals surface area contributed by atoms with E-state index in [2.05, 4.69) is 20.6 Å². The van der Waals surface area contributed by atoms with Crippen LogP contribution < -0.4 is 15.4 Å². The van der Waals surface area contributed by atoms with Crippen LogP contribution in [0.2, 0.25) is 15.3 Å². The number of benzene rings is 2. The second kappa shape index (κ2) is 12.0. The first-order chi connectivity index (χ1) is 16.9. The quantitative estimate of drug-likeness (QED) is 0.356. The molecule has 2 N–H and O–H groups in total. The third-order valence-corrected chi connectivity index (χ3v) is 6.97. The van der Waals surface area contributed by atoms with E-state index in [0.29, 0.717) is 40.1 Å². The van der Waals surface area contributed by atoms with Gasteiger partial charge in [0, 0.05) is 28.2 Å². The lowest BCUT2D eigenvalue weighted by Crippen LogP contribution is -2.39. The summed E-state index contributed by atoms with van der Waals surface area (Å²) in [7, 11) is 0. The Balaban J connectivity index is 1.47. The number of carbonyl (C=O) groups excluding carboxylic acids is 1. The summed E-state index contributed by atoms with van der Waals surface area (Å²) in [5, 5.41) is 7.93. The van der Waals surface area contributed by atoms with Crippen LogP contribution in [0.15, 0.2) is 48.7 Å². The van der Waals surface area contributed by atoms with Crippen LogP contribution in [0.4, 0.5) is 0 Å². The van der Waals surface area contributed by atoms with Crippen LogP contribution in [0, 0.1) is 12.8 Å². The fourth-order valence-electron chi connectivity index (χ4n) is 4.25. The maximum absolute atomic E-state index is 13.3. The number of carbonyl (C=O) groups is 1. The van der Waals surface area contributed by atoms with Gasteiger partial charge in [0.05, 0.1) is 18.3 Å². The Labute approximate surface area is 220 Å². The van der Waals surface area contributed by atoms with Gasteiger partial charge in [-0.15, -0.1) is 0 Å². The summed E-state index contributed by atoms with van der Waals surface area (Å²) in [4.78, 5) is 21.7. The van der Waals surface area contributed by atoms with E-state index in [1.165, 1.54) is 0 Å². The zero-order chi connectivity index (χ0) is 24.8. The molecule has 4 rings (SSSR count). The van der Waals surface area contributed by atoms with Gasteiger partial charge in [-0.2, -0.15) is 0 Å². The minimum Gasteiger partial charge on any atom is -0.493 e. The molecule has 2 aromatic carbocycles. The number of nitrogens with zero attached hydrogens (tertiary/aromatic N) is 2. The van der Waals surface area contributed by atoms with Crippen LogP contribution in [-0.4, -0.2) is 35.6 Å². The van der Waals surface area contributed by atoms with Gasteiger partial charge >= 0.3 is 0 Å². The van der Waals surface area contributed by atoms with E-state index in [9.17, 15) is 4.79 Å². The molecule has 0 aliphatic carbocycles. The van der Waals surface area contributed by atoms with Crippen molar-refractivity contribution in [1.82, 2.24) is 20.6 Å².